The molecule has 3 aromatic carbocycles. The number of hydrogen-bond donors (Lipinski definition) is 0. The van der Waals surface area contributed by atoms with Crippen LogP contribution in [0.3, 0.4) is 0 Å². The predicted molar refractivity (Wildman–Crippen MR) is 158 cm³/mol. The quantitative estimate of drug-likeness (QED) is 0.230. The monoisotopic (exact) mass is 490 g/mol. The summed E-state index contributed by atoms with van der Waals surface area (Å²) in [7, 11) is 0. The second-order valence-corrected chi connectivity index (χ2v) is 12.0. The Hall–Kier alpha value is -4.17. The first-order valence-corrected chi connectivity index (χ1v) is 13.6. The average Bonchev–Trinajstić information content (AvgIpc) is 3.35. The van der Waals surface area contributed by atoms with Crippen LogP contribution >= 0.6 is 0 Å². The third-order valence-corrected chi connectivity index (χ3v) is 9.28. The lowest BCUT2D eigenvalue weighted by Gasteiger charge is -2.28. The van der Waals surface area contributed by atoms with E-state index in [4.69, 9.17) is 0 Å². The van der Waals surface area contributed by atoms with Crippen molar-refractivity contribution in [2.75, 3.05) is 0 Å². The summed E-state index contributed by atoms with van der Waals surface area (Å²) in [5.41, 5.74) is 16.4. The van der Waals surface area contributed by atoms with Crippen molar-refractivity contribution in [3.63, 3.8) is 0 Å². The number of benzene rings is 3. The highest BCUT2D eigenvalue weighted by molar-refractivity contribution is 6.14. The minimum Gasteiger partial charge on any atom is -0.312 e. The van der Waals surface area contributed by atoms with Crippen LogP contribution < -0.4 is 0 Å². The van der Waals surface area contributed by atoms with Crippen molar-refractivity contribution < 1.29 is 0 Å². The van der Waals surface area contributed by atoms with Gasteiger partial charge in [0.1, 0.15) is 0 Å². The molecule has 3 aliphatic rings. The number of aromatic nitrogens is 2. The topological polar surface area (TPSA) is 17.8 Å². The number of allylic oxidation sites excluding steroid dienone is 3. The Morgan fingerprint density at radius 1 is 0.711 bits per heavy atom. The summed E-state index contributed by atoms with van der Waals surface area (Å²) in [5.74, 6) is 0. The van der Waals surface area contributed by atoms with Crippen molar-refractivity contribution in [1.29, 1.82) is 0 Å². The van der Waals surface area contributed by atoms with E-state index in [1.54, 1.807) is 0 Å². The summed E-state index contributed by atoms with van der Waals surface area (Å²) in [4.78, 5) is 4.36. The first kappa shape index (κ1) is 21.9. The standard InChI is InChI=1S/C36H30N2/c1-35(2)26-15-10-8-12-23(26)29-30-25-14-6-5-7-17-28(25)38(22-18-20-37-21-19-22)34(30)33-31(32(29)35)24-13-9-11-16-27(24)36(33,3)4/h5-16,18-21H,17H2,1-4H3. The van der Waals surface area contributed by atoms with E-state index in [0.717, 1.165) is 6.42 Å². The molecule has 0 amide bonds. The molecule has 2 nitrogen and oxygen atoms in total. The number of pyridine rings is 1. The summed E-state index contributed by atoms with van der Waals surface area (Å²) >= 11 is 0. The van der Waals surface area contributed by atoms with Gasteiger partial charge in [-0.3, -0.25) is 4.98 Å². The largest absolute Gasteiger partial charge is 0.312 e. The van der Waals surface area contributed by atoms with Crippen LogP contribution in [0.2, 0.25) is 0 Å². The molecule has 0 radical (unpaired) electrons. The maximum atomic E-state index is 4.36. The summed E-state index contributed by atoms with van der Waals surface area (Å²) in [6, 6.07) is 22.5. The highest BCUT2D eigenvalue weighted by Gasteiger charge is 2.47. The fourth-order valence-electron chi connectivity index (χ4n) is 7.72. The van der Waals surface area contributed by atoms with Crippen molar-refractivity contribution in [3.05, 3.63) is 125 Å². The van der Waals surface area contributed by atoms with E-state index < -0.39 is 0 Å². The molecule has 0 saturated carbocycles. The van der Waals surface area contributed by atoms with Crippen LogP contribution in [0, 0.1) is 0 Å². The van der Waals surface area contributed by atoms with Gasteiger partial charge < -0.3 is 4.57 Å². The summed E-state index contributed by atoms with van der Waals surface area (Å²) in [6.45, 7) is 9.69. The molecule has 38 heavy (non-hydrogen) atoms. The van der Waals surface area contributed by atoms with E-state index in [1.807, 2.05) is 12.4 Å². The lowest BCUT2D eigenvalue weighted by Crippen LogP contribution is -2.19. The van der Waals surface area contributed by atoms with Gasteiger partial charge in [0, 0.05) is 52.0 Å². The zero-order valence-electron chi connectivity index (χ0n) is 22.3. The van der Waals surface area contributed by atoms with E-state index in [1.165, 1.54) is 72.4 Å². The van der Waals surface area contributed by atoms with Gasteiger partial charge in [-0.15, -0.1) is 0 Å². The molecule has 0 bridgehead atoms. The van der Waals surface area contributed by atoms with Crippen LogP contribution in [0.5, 0.6) is 0 Å². The molecule has 184 valence electrons. The van der Waals surface area contributed by atoms with Crippen LogP contribution in [0.25, 0.3) is 44.9 Å². The number of hydrogen-bond acceptors (Lipinski definition) is 1. The first-order chi connectivity index (χ1) is 18.4. The van der Waals surface area contributed by atoms with Gasteiger partial charge in [0.2, 0.25) is 0 Å². The molecule has 0 spiro atoms. The van der Waals surface area contributed by atoms with Gasteiger partial charge in [-0.05, 0) is 56.6 Å². The molecule has 5 aromatic rings. The van der Waals surface area contributed by atoms with E-state index in [0.29, 0.717) is 0 Å². The second-order valence-electron chi connectivity index (χ2n) is 12.0. The van der Waals surface area contributed by atoms with Crippen LogP contribution in [-0.2, 0) is 17.3 Å². The summed E-state index contributed by atoms with van der Waals surface area (Å²) in [5, 5.41) is 1.39. The minimum absolute atomic E-state index is 0.101. The van der Waals surface area contributed by atoms with Gasteiger partial charge >= 0.3 is 0 Å². The maximum Gasteiger partial charge on any atom is 0.0591 e. The van der Waals surface area contributed by atoms with Gasteiger partial charge in [0.15, 0.2) is 0 Å². The predicted octanol–water partition coefficient (Wildman–Crippen LogP) is 8.76. The summed E-state index contributed by atoms with van der Waals surface area (Å²) < 4.78 is 2.55. The Kier molecular flexibility index (Phi) is 4.16. The smallest absolute Gasteiger partial charge is 0.0591 e. The molecular weight excluding hydrogens is 460 g/mol. The van der Waals surface area contributed by atoms with Crippen molar-refractivity contribution >= 4 is 17.0 Å². The minimum atomic E-state index is -0.134. The lowest BCUT2D eigenvalue weighted by molar-refractivity contribution is 0.650. The van der Waals surface area contributed by atoms with Gasteiger partial charge in [-0.2, -0.15) is 0 Å². The Bertz CT molecular complexity index is 1880. The number of rotatable bonds is 1. The molecule has 0 saturated heterocycles. The van der Waals surface area contributed by atoms with Crippen LogP contribution in [0.1, 0.15) is 61.2 Å². The van der Waals surface area contributed by atoms with Gasteiger partial charge in [-0.1, -0.05) is 101 Å². The molecular formula is C36H30N2. The Morgan fingerprint density at radius 2 is 1.34 bits per heavy atom. The second kappa shape index (κ2) is 7.23. The Labute approximate surface area is 224 Å². The normalized spacial score (nSPS) is 17.1. The van der Waals surface area contributed by atoms with E-state index in [9.17, 15) is 0 Å². The fraction of sp³-hybridized carbons (Fsp3) is 0.194. The van der Waals surface area contributed by atoms with Crippen LogP contribution in [0.15, 0.2) is 91.3 Å². The zero-order chi connectivity index (χ0) is 25.8. The molecule has 0 N–H and O–H groups in total. The Morgan fingerprint density at radius 3 is 2.05 bits per heavy atom. The van der Waals surface area contributed by atoms with Crippen LogP contribution in [-0.4, -0.2) is 9.55 Å². The number of fused-ring (bicyclic) bond motifs is 12. The van der Waals surface area contributed by atoms with Crippen LogP contribution in [0.4, 0.5) is 0 Å². The van der Waals surface area contributed by atoms with Gasteiger partial charge in [0.05, 0.1) is 5.52 Å². The van der Waals surface area contributed by atoms with E-state index in [-0.39, 0.29) is 10.8 Å². The maximum absolute atomic E-state index is 4.36. The molecule has 2 heterocycles. The summed E-state index contributed by atoms with van der Waals surface area (Å²) in [6.07, 6.45) is 13.8. The average molecular weight is 491 g/mol. The first-order valence-electron chi connectivity index (χ1n) is 13.6. The van der Waals surface area contributed by atoms with E-state index >= 15 is 0 Å². The number of nitrogens with zero attached hydrogens (tertiary/aromatic N) is 2. The van der Waals surface area contributed by atoms with Crippen molar-refractivity contribution in [1.82, 2.24) is 9.55 Å². The SMILES string of the molecule is CC1(C)c2ccccc2-c2c1c1c(c3c2c2c(n3-c3ccncc3)CC=CC=C2)C(C)(C)c2ccccc2-1. The molecule has 0 fully saturated rings. The fourth-order valence-corrected chi connectivity index (χ4v) is 7.72. The molecule has 8 rings (SSSR count). The highest BCUT2D eigenvalue weighted by atomic mass is 15.0. The van der Waals surface area contributed by atoms with E-state index in [2.05, 4.69) is 122 Å². The third kappa shape index (κ3) is 2.51. The highest BCUT2D eigenvalue weighted by Crippen LogP contribution is 2.63. The third-order valence-electron chi connectivity index (χ3n) is 9.28. The zero-order valence-corrected chi connectivity index (χ0v) is 22.3. The molecule has 0 aliphatic heterocycles. The lowest BCUT2D eigenvalue weighted by atomic mass is 9.75. The van der Waals surface area contributed by atoms with Gasteiger partial charge in [0.25, 0.3) is 0 Å². The molecule has 2 aromatic heterocycles. The van der Waals surface area contributed by atoms with Gasteiger partial charge in [-0.25, -0.2) is 0 Å². The van der Waals surface area contributed by atoms with Crippen molar-refractivity contribution in [2.45, 2.75) is 44.9 Å². The molecule has 2 heteroatoms. The van der Waals surface area contributed by atoms with Crippen molar-refractivity contribution in [3.8, 4) is 27.9 Å². The Balaban J connectivity index is 1.70. The van der Waals surface area contributed by atoms with Crippen molar-refractivity contribution in [2.24, 2.45) is 0 Å². The molecule has 0 atom stereocenters. The molecule has 3 aliphatic carbocycles. The molecule has 0 unspecified atom stereocenters.